The number of pyridine rings is 1. The first-order valence-corrected chi connectivity index (χ1v) is 8.98. The lowest BCUT2D eigenvalue weighted by atomic mass is 10.1. The minimum atomic E-state index is 0.720. The van der Waals surface area contributed by atoms with Crippen LogP contribution in [0.25, 0.3) is 16.9 Å². The molecule has 0 spiro atoms. The van der Waals surface area contributed by atoms with Gasteiger partial charge in [0.15, 0.2) is 0 Å². The minimum Gasteiger partial charge on any atom is -0.339 e. The number of halogens is 1. The summed E-state index contributed by atoms with van der Waals surface area (Å²) in [6.45, 7) is 6.31. The molecule has 0 saturated heterocycles. The van der Waals surface area contributed by atoms with Crippen molar-refractivity contribution in [2.75, 3.05) is 5.32 Å². The van der Waals surface area contributed by atoms with Gasteiger partial charge < -0.3 is 5.32 Å². The van der Waals surface area contributed by atoms with Crippen molar-refractivity contribution in [2.24, 2.45) is 0 Å². The molecule has 0 aliphatic carbocycles. The standard InChI is InChI=1S/C22H20ClN3/c1-14-11-12-26-19(13-14)24-21(17-7-9-18(23)10-8-17)22(26)25-20-15(2)5-4-6-16(20)3/h4-13,25H,1-3H3. The van der Waals surface area contributed by atoms with Crippen molar-refractivity contribution in [3.8, 4) is 11.3 Å². The average Bonchev–Trinajstić information content (AvgIpc) is 2.96. The number of imidazole rings is 1. The predicted molar refractivity (Wildman–Crippen MR) is 110 cm³/mol. The van der Waals surface area contributed by atoms with E-state index in [1.165, 1.54) is 16.7 Å². The molecule has 0 fully saturated rings. The van der Waals surface area contributed by atoms with Crippen LogP contribution in [-0.4, -0.2) is 9.38 Å². The first-order chi connectivity index (χ1) is 12.5. The van der Waals surface area contributed by atoms with Crippen LogP contribution in [0.15, 0.2) is 60.8 Å². The second-order valence-electron chi connectivity index (χ2n) is 6.64. The number of aryl methyl sites for hydroxylation is 3. The number of nitrogens with one attached hydrogen (secondary N) is 1. The summed E-state index contributed by atoms with van der Waals surface area (Å²) in [6, 6.07) is 18.3. The molecule has 26 heavy (non-hydrogen) atoms. The van der Waals surface area contributed by atoms with Crippen LogP contribution >= 0.6 is 11.6 Å². The molecule has 1 N–H and O–H groups in total. The van der Waals surface area contributed by atoms with Crippen molar-refractivity contribution in [3.63, 3.8) is 0 Å². The van der Waals surface area contributed by atoms with E-state index in [1.54, 1.807) is 0 Å². The van der Waals surface area contributed by atoms with Crippen LogP contribution in [0.5, 0.6) is 0 Å². The maximum Gasteiger partial charge on any atom is 0.143 e. The van der Waals surface area contributed by atoms with E-state index in [0.717, 1.165) is 33.4 Å². The summed E-state index contributed by atoms with van der Waals surface area (Å²) in [5.41, 5.74) is 7.57. The maximum atomic E-state index is 6.07. The van der Waals surface area contributed by atoms with Crippen molar-refractivity contribution >= 4 is 28.8 Å². The number of fused-ring (bicyclic) bond motifs is 1. The van der Waals surface area contributed by atoms with Crippen LogP contribution in [-0.2, 0) is 0 Å². The SMILES string of the molecule is Cc1ccn2c(Nc3c(C)cccc3C)c(-c3ccc(Cl)cc3)nc2c1. The summed E-state index contributed by atoms with van der Waals surface area (Å²) >= 11 is 6.07. The Labute approximate surface area is 158 Å². The smallest absolute Gasteiger partial charge is 0.143 e. The molecule has 4 rings (SSSR count). The van der Waals surface area contributed by atoms with Gasteiger partial charge in [0.25, 0.3) is 0 Å². The summed E-state index contributed by atoms with van der Waals surface area (Å²) in [4.78, 5) is 4.89. The fraction of sp³-hybridized carbons (Fsp3) is 0.136. The number of anilines is 2. The number of rotatable bonds is 3. The molecule has 0 aliphatic rings. The van der Waals surface area contributed by atoms with Crippen molar-refractivity contribution < 1.29 is 0 Å². The third kappa shape index (κ3) is 2.95. The minimum absolute atomic E-state index is 0.720. The normalized spacial score (nSPS) is 11.1. The Bertz CT molecular complexity index is 1070. The average molecular weight is 362 g/mol. The molecule has 2 heterocycles. The molecule has 0 amide bonds. The highest BCUT2D eigenvalue weighted by Crippen LogP contribution is 2.33. The van der Waals surface area contributed by atoms with Gasteiger partial charge in [-0.25, -0.2) is 4.98 Å². The second-order valence-corrected chi connectivity index (χ2v) is 7.08. The molecule has 0 atom stereocenters. The van der Waals surface area contributed by atoms with Gasteiger partial charge in [0, 0.05) is 22.5 Å². The van der Waals surface area contributed by atoms with Gasteiger partial charge >= 0.3 is 0 Å². The number of aromatic nitrogens is 2. The molecule has 0 radical (unpaired) electrons. The molecule has 0 unspecified atom stereocenters. The van der Waals surface area contributed by atoms with E-state index in [0.29, 0.717) is 0 Å². The molecule has 0 bridgehead atoms. The predicted octanol–water partition coefficient (Wildman–Crippen LogP) is 6.32. The lowest BCUT2D eigenvalue weighted by Crippen LogP contribution is -2.00. The van der Waals surface area contributed by atoms with Gasteiger partial charge in [-0.2, -0.15) is 0 Å². The zero-order valence-electron chi connectivity index (χ0n) is 15.0. The van der Waals surface area contributed by atoms with Crippen LogP contribution in [0.4, 0.5) is 11.5 Å². The molecule has 2 aromatic carbocycles. The molecule has 0 aliphatic heterocycles. The number of para-hydroxylation sites is 1. The molecular weight excluding hydrogens is 342 g/mol. The Morgan fingerprint density at radius 3 is 2.31 bits per heavy atom. The molecule has 3 nitrogen and oxygen atoms in total. The second kappa shape index (κ2) is 6.50. The number of hydrogen-bond donors (Lipinski definition) is 1. The Morgan fingerprint density at radius 1 is 0.923 bits per heavy atom. The molecule has 0 saturated carbocycles. The van der Waals surface area contributed by atoms with E-state index in [9.17, 15) is 0 Å². The van der Waals surface area contributed by atoms with Crippen LogP contribution in [0, 0.1) is 20.8 Å². The van der Waals surface area contributed by atoms with Crippen LogP contribution in [0.1, 0.15) is 16.7 Å². The monoisotopic (exact) mass is 361 g/mol. The third-order valence-electron chi connectivity index (χ3n) is 4.62. The van der Waals surface area contributed by atoms with Gasteiger partial charge in [-0.15, -0.1) is 0 Å². The third-order valence-corrected chi connectivity index (χ3v) is 4.88. The van der Waals surface area contributed by atoms with Crippen molar-refractivity contribution in [3.05, 3.63) is 82.5 Å². The van der Waals surface area contributed by atoms with E-state index in [1.807, 2.05) is 24.3 Å². The fourth-order valence-corrected chi connectivity index (χ4v) is 3.33. The topological polar surface area (TPSA) is 29.3 Å². The van der Waals surface area contributed by atoms with Crippen molar-refractivity contribution in [2.45, 2.75) is 20.8 Å². The maximum absolute atomic E-state index is 6.07. The Morgan fingerprint density at radius 2 is 1.62 bits per heavy atom. The number of hydrogen-bond acceptors (Lipinski definition) is 2. The molecule has 4 aromatic rings. The molecule has 130 valence electrons. The first-order valence-electron chi connectivity index (χ1n) is 8.61. The zero-order chi connectivity index (χ0) is 18.3. The summed E-state index contributed by atoms with van der Waals surface area (Å²) < 4.78 is 2.10. The summed E-state index contributed by atoms with van der Waals surface area (Å²) in [7, 11) is 0. The lowest BCUT2D eigenvalue weighted by Gasteiger charge is -2.14. The number of nitrogens with zero attached hydrogens (tertiary/aromatic N) is 2. The Kier molecular flexibility index (Phi) is 4.17. The van der Waals surface area contributed by atoms with E-state index in [-0.39, 0.29) is 0 Å². The van der Waals surface area contributed by atoms with Gasteiger partial charge in [0.05, 0.1) is 0 Å². The van der Waals surface area contributed by atoms with E-state index in [2.05, 4.69) is 67.0 Å². The van der Waals surface area contributed by atoms with E-state index >= 15 is 0 Å². The number of benzene rings is 2. The van der Waals surface area contributed by atoms with Crippen molar-refractivity contribution in [1.82, 2.24) is 9.38 Å². The summed E-state index contributed by atoms with van der Waals surface area (Å²) in [5, 5.41) is 4.35. The van der Waals surface area contributed by atoms with Crippen molar-refractivity contribution in [1.29, 1.82) is 0 Å². The van der Waals surface area contributed by atoms with Crippen LogP contribution in [0.2, 0.25) is 5.02 Å². The highest BCUT2D eigenvalue weighted by molar-refractivity contribution is 6.30. The summed E-state index contributed by atoms with van der Waals surface area (Å²) in [5.74, 6) is 0.958. The highest BCUT2D eigenvalue weighted by atomic mass is 35.5. The molecule has 4 heteroatoms. The molecule has 2 aromatic heterocycles. The zero-order valence-corrected chi connectivity index (χ0v) is 15.8. The Balaban J connectivity index is 1.94. The van der Waals surface area contributed by atoms with Gasteiger partial charge in [-0.1, -0.05) is 41.9 Å². The van der Waals surface area contributed by atoms with Gasteiger partial charge in [0.1, 0.15) is 17.2 Å². The fourth-order valence-electron chi connectivity index (χ4n) is 3.21. The van der Waals surface area contributed by atoms with Gasteiger partial charge in [-0.3, -0.25) is 4.40 Å². The van der Waals surface area contributed by atoms with E-state index < -0.39 is 0 Å². The Hall–Kier alpha value is -2.78. The quantitative estimate of drug-likeness (QED) is 0.462. The van der Waals surface area contributed by atoms with Gasteiger partial charge in [0.2, 0.25) is 0 Å². The molecular formula is C22H20ClN3. The van der Waals surface area contributed by atoms with Crippen LogP contribution < -0.4 is 5.32 Å². The summed E-state index contributed by atoms with van der Waals surface area (Å²) in [6.07, 6.45) is 2.06. The highest BCUT2D eigenvalue weighted by Gasteiger charge is 2.16. The lowest BCUT2D eigenvalue weighted by molar-refractivity contribution is 1.16. The first kappa shape index (κ1) is 16.7. The van der Waals surface area contributed by atoms with Crippen LogP contribution in [0.3, 0.4) is 0 Å². The largest absolute Gasteiger partial charge is 0.339 e. The van der Waals surface area contributed by atoms with Gasteiger partial charge in [-0.05, 0) is 61.7 Å². The van der Waals surface area contributed by atoms with E-state index in [4.69, 9.17) is 16.6 Å².